The molecule has 1 saturated carbocycles. The smallest absolute Gasteiger partial charge is 0.233 e. The Hall–Kier alpha value is -3.42. The second-order valence-corrected chi connectivity index (χ2v) is 11.4. The van der Waals surface area contributed by atoms with Crippen molar-refractivity contribution in [2.45, 2.75) is 31.1 Å². The third-order valence-electron chi connectivity index (χ3n) is 7.42. The number of sulfonamides is 1. The molecule has 186 valence electrons. The molecule has 0 unspecified atom stereocenters. The van der Waals surface area contributed by atoms with Gasteiger partial charge in [0.15, 0.2) is 11.6 Å². The Bertz CT molecular complexity index is 1510. The summed E-state index contributed by atoms with van der Waals surface area (Å²) < 4.78 is 69.9. The van der Waals surface area contributed by atoms with Crippen molar-refractivity contribution in [3.63, 3.8) is 0 Å². The van der Waals surface area contributed by atoms with Crippen LogP contribution < -0.4 is 0 Å². The predicted molar refractivity (Wildman–Crippen MR) is 127 cm³/mol. The molecule has 1 fully saturated rings. The Morgan fingerprint density at radius 3 is 2.61 bits per heavy atom. The van der Waals surface area contributed by atoms with Crippen molar-refractivity contribution in [3.8, 4) is 11.8 Å². The summed E-state index contributed by atoms with van der Waals surface area (Å²) in [4.78, 5) is -0.387. The van der Waals surface area contributed by atoms with E-state index >= 15 is 0 Å². The molecule has 1 aromatic heterocycles. The SMILES string of the molecule is C[C@]12Cc3cnn(-c4ccc(F)cc4)c3C=C1CC[C@@H]2CN(CC#N)S(=O)(=O)c1ccc(F)c(F)c1. The van der Waals surface area contributed by atoms with Crippen LogP contribution in [-0.2, 0) is 16.4 Å². The number of nitrogens with zero attached hydrogens (tertiary/aromatic N) is 4. The van der Waals surface area contributed by atoms with Gasteiger partial charge in [0.25, 0.3) is 0 Å². The Balaban J connectivity index is 1.44. The Morgan fingerprint density at radius 2 is 1.92 bits per heavy atom. The highest BCUT2D eigenvalue weighted by molar-refractivity contribution is 7.89. The number of fused-ring (bicyclic) bond motifs is 2. The van der Waals surface area contributed by atoms with Gasteiger partial charge in [-0.25, -0.2) is 26.3 Å². The molecular formula is C26H23F3N4O2S. The van der Waals surface area contributed by atoms with Crippen LogP contribution in [0, 0.1) is 40.1 Å². The van der Waals surface area contributed by atoms with Crippen LogP contribution in [0.1, 0.15) is 31.0 Å². The van der Waals surface area contributed by atoms with Crippen LogP contribution >= 0.6 is 0 Å². The summed E-state index contributed by atoms with van der Waals surface area (Å²) >= 11 is 0. The number of allylic oxidation sites excluding steroid dienone is 1. The van der Waals surface area contributed by atoms with E-state index in [-0.39, 0.29) is 28.6 Å². The van der Waals surface area contributed by atoms with Gasteiger partial charge in [-0.3, -0.25) is 0 Å². The van der Waals surface area contributed by atoms with Crippen LogP contribution in [0.15, 0.2) is 59.1 Å². The van der Waals surface area contributed by atoms with Gasteiger partial charge in [-0.1, -0.05) is 12.5 Å². The van der Waals surface area contributed by atoms with Gasteiger partial charge in [-0.05, 0) is 84.7 Å². The van der Waals surface area contributed by atoms with Gasteiger partial charge in [-0.15, -0.1) is 0 Å². The highest BCUT2D eigenvalue weighted by atomic mass is 32.2. The molecule has 0 radical (unpaired) electrons. The number of benzene rings is 2. The predicted octanol–water partition coefficient (Wildman–Crippen LogP) is 4.86. The first-order valence-electron chi connectivity index (χ1n) is 11.5. The summed E-state index contributed by atoms with van der Waals surface area (Å²) in [6.07, 6.45) is 5.95. The molecule has 3 aromatic rings. The minimum atomic E-state index is -4.21. The van der Waals surface area contributed by atoms with Gasteiger partial charge in [-0.2, -0.15) is 14.7 Å². The zero-order valence-corrected chi connectivity index (χ0v) is 20.3. The summed E-state index contributed by atoms with van der Waals surface area (Å²) in [6.45, 7) is 1.76. The molecule has 2 atom stereocenters. The number of nitriles is 1. The lowest BCUT2D eigenvalue weighted by molar-refractivity contribution is 0.227. The minimum Gasteiger partial charge on any atom is -0.233 e. The van der Waals surface area contributed by atoms with Gasteiger partial charge in [0.1, 0.15) is 12.4 Å². The highest BCUT2D eigenvalue weighted by Crippen LogP contribution is 2.53. The van der Waals surface area contributed by atoms with Gasteiger partial charge in [0.2, 0.25) is 10.0 Å². The van der Waals surface area contributed by atoms with Crippen LogP contribution in [0.25, 0.3) is 11.8 Å². The van der Waals surface area contributed by atoms with E-state index < -0.39 is 28.2 Å². The lowest BCUT2D eigenvalue weighted by Crippen LogP contribution is -2.41. The fourth-order valence-electron chi connectivity index (χ4n) is 5.37. The Kier molecular flexibility index (Phi) is 6.01. The second-order valence-electron chi connectivity index (χ2n) is 9.47. The summed E-state index contributed by atoms with van der Waals surface area (Å²) in [6, 6.07) is 10.4. The third kappa shape index (κ3) is 4.02. The zero-order chi connectivity index (χ0) is 25.7. The zero-order valence-electron chi connectivity index (χ0n) is 19.5. The van der Waals surface area contributed by atoms with Crippen molar-refractivity contribution >= 4 is 16.1 Å². The van der Waals surface area contributed by atoms with Crippen LogP contribution in [0.3, 0.4) is 0 Å². The first kappa shape index (κ1) is 24.3. The highest BCUT2D eigenvalue weighted by Gasteiger charge is 2.47. The quantitative estimate of drug-likeness (QED) is 0.442. The molecule has 2 aromatic carbocycles. The van der Waals surface area contributed by atoms with Crippen LogP contribution in [0.2, 0.25) is 0 Å². The molecule has 5 rings (SSSR count). The molecule has 6 nitrogen and oxygen atoms in total. The van der Waals surface area contributed by atoms with Crippen molar-refractivity contribution < 1.29 is 21.6 Å². The van der Waals surface area contributed by atoms with Gasteiger partial charge in [0.05, 0.1) is 28.5 Å². The molecule has 10 heteroatoms. The summed E-state index contributed by atoms with van der Waals surface area (Å²) in [5.74, 6) is -2.83. The van der Waals surface area contributed by atoms with E-state index in [0.717, 1.165) is 45.4 Å². The molecule has 0 amide bonds. The molecule has 0 spiro atoms. The maximum atomic E-state index is 13.8. The maximum absolute atomic E-state index is 13.8. The fourth-order valence-corrected chi connectivity index (χ4v) is 6.77. The number of hydrogen-bond donors (Lipinski definition) is 0. The molecule has 2 aliphatic carbocycles. The van der Waals surface area contributed by atoms with Crippen molar-refractivity contribution in [2.24, 2.45) is 11.3 Å². The standard InChI is InChI=1S/C26H23F3N4O2S/c1-26-14-17-15-31-33(21-6-4-20(27)5-7-21)25(17)12-18(26)2-3-19(26)16-32(11-10-30)36(34,35)22-8-9-23(28)24(29)13-22/h4-9,12-13,15,19H,2-3,11,14,16H2,1H3/t19-,26+/m1/s1. The lowest BCUT2D eigenvalue weighted by atomic mass is 9.70. The Morgan fingerprint density at radius 1 is 1.17 bits per heavy atom. The number of halogens is 3. The normalized spacial score (nSPS) is 21.1. The number of aromatic nitrogens is 2. The van der Waals surface area contributed by atoms with Gasteiger partial charge in [0, 0.05) is 6.54 Å². The minimum absolute atomic E-state index is 0.0736. The molecule has 0 bridgehead atoms. The molecular weight excluding hydrogens is 489 g/mol. The molecule has 0 saturated heterocycles. The van der Waals surface area contributed by atoms with E-state index in [2.05, 4.69) is 18.1 Å². The van der Waals surface area contributed by atoms with E-state index in [1.807, 2.05) is 6.07 Å². The molecule has 1 heterocycles. The van der Waals surface area contributed by atoms with E-state index in [4.69, 9.17) is 0 Å². The van der Waals surface area contributed by atoms with E-state index in [1.165, 1.54) is 12.1 Å². The van der Waals surface area contributed by atoms with Gasteiger partial charge >= 0.3 is 0 Å². The Labute approximate surface area is 207 Å². The van der Waals surface area contributed by atoms with Crippen LogP contribution in [-0.4, -0.2) is 35.6 Å². The molecule has 0 N–H and O–H groups in total. The molecule has 2 aliphatic rings. The molecule has 0 aliphatic heterocycles. The molecule has 36 heavy (non-hydrogen) atoms. The van der Waals surface area contributed by atoms with Crippen molar-refractivity contribution in [1.29, 1.82) is 5.26 Å². The monoisotopic (exact) mass is 512 g/mol. The van der Waals surface area contributed by atoms with Crippen molar-refractivity contribution in [2.75, 3.05) is 13.1 Å². The first-order valence-corrected chi connectivity index (χ1v) is 12.9. The van der Waals surface area contributed by atoms with Crippen LogP contribution in [0.5, 0.6) is 0 Å². The largest absolute Gasteiger partial charge is 0.244 e. The van der Waals surface area contributed by atoms with Crippen molar-refractivity contribution in [1.82, 2.24) is 14.1 Å². The van der Waals surface area contributed by atoms with E-state index in [0.29, 0.717) is 18.9 Å². The average molecular weight is 513 g/mol. The lowest BCUT2D eigenvalue weighted by Gasteiger charge is -2.37. The summed E-state index contributed by atoms with van der Waals surface area (Å²) in [7, 11) is -4.21. The van der Waals surface area contributed by atoms with Crippen LogP contribution in [0.4, 0.5) is 13.2 Å². The van der Waals surface area contributed by atoms with Crippen molar-refractivity contribution in [3.05, 3.63) is 82.9 Å². The summed E-state index contributed by atoms with van der Waals surface area (Å²) in [5, 5.41) is 13.8. The average Bonchev–Trinajstić information content (AvgIpc) is 3.39. The van der Waals surface area contributed by atoms with E-state index in [9.17, 15) is 26.9 Å². The summed E-state index contributed by atoms with van der Waals surface area (Å²) in [5.41, 5.74) is 3.45. The van der Waals surface area contributed by atoms with E-state index in [1.54, 1.807) is 23.0 Å². The van der Waals surface area contributed by atoms with Gasteiger partial charge < -0.3 is 0 Å². The fraction of sp³-hybridized carbons (Fsp3) is 0.308. The topological polar surface area (TPSA) is 79.0 Å². The maximum Gasteiger partial charge on any atom is 0.244 e. The first-order chi connectivity index (χ1) is 17.1. The number of hydrogen-bond acceptors (Lipinski definition) is 4. The number of rotatable bonds is 6. The second kappa shape index (κ2) is 8.91. The third-order valence-corrected chi connectivity index (χ3v) is 9.23.